The lowest BCUT2D eigenvalue weighted by Gasteiger charge is -2.48. The quantitative estimate of drug-likeness (QED) is 0.704. The van der Waals surface area contributed by atoms with Crippen LogP contribution in [0.25, 0.3) is 0 Å². The van der Waals surface area contributed by atoms with E-state index < -0.39 is 11.2 Å². The second-order valence-corrected chi connectivity index (χ2v) is 5.98. The van der Waals surface area contributed by atoms with Crippen LogP contribution in [0.1, 0.15) is 44.9 Å². The van der Waals surface area contributed by atoms with Crippen LogP contribution in [0.5, 0.6) is 0 Å². The van der Waals surface area contributed by atoms with Gasteiger partial charge in [0, 0.05) is 0 Å². The van der Waals surface area contributed by atoms with E-state index in [0.29, 0.717) is 12.8 Å². The molecule has 88 valence electrons. The maximum Gasteiger partial charge on any atom is 0.111 e. The highest BCUT2D eigenvalue weighted by atomic mass is 35.5. The average Bonchev–Trinajstić information content (AvgIpc) is 2.54. The summed E-state index contributed by atoms with van der Waals surface area (Å²) in [6, 6.07) is 0. The molecule has 0 aromatic heterocycles. The van der Waals surface area contributed by atoms with Crippen molar-refractivity contribution in [1.82, 2.24) is 0 Å². The van der Waals surface area contributed by atoms with Crippen LogP contribution in [0.3, 0.4) is 0 Å². The first kappa shape index (κ1) is 12.0. The van der Waals surface area contributed by atoms with E-state index in [9.17, 15) is 10.2 Å². The lowest BCUT2D eigenvalue weighted by Crippen LogP contribution is -2.63. The summed E-state index contributed by atoms with van der Waals surface area (Å²) in [5.41, 5.74) is -2.36. The van der Waals surface area contributed by atoms with Gasteiger partial charge in [-0.1, -0.05) is 12.8 Å². The molecular formula is C11H18Cl2O2. The van der Waals surface area contributed by atoms with Crippen molar-refractivity contribution in [1.29, 1.82) is 0 Å². The summed E-state index contributed by atoms with van der Waals surface area (Å²) < 4.78 is 0. The fraction of sp³-hybridized carbons (Fsp3) is 1.00. The van der Waals surface area contributed by atoms with Crippen LogP contribution in [0.4, 0.5) is 0 Å². The van der Waals surface area contributed by atoms with Crippen molar-refractivity contribution < 1.29 is 10.2 Å². The first-order valence-electron chi connectivity index (χ1n) is 5.73. The number of hydrogen-bond acceptors (Lipinski definition) is 2. The Morgan fingerprint density at radius 3 is 1.67 bits per heavy atom. The van der Waals surface area contributed by atoms with Crippen LogP contribution >= 0.6 is 23.2 Å². The molecule has 2 N–H and O–H groups in total. The predicted molar refractivity (Wildman–Crippen MR) is 61.5 cm³/mol. The van der Waals surface area contributed by atoms with Crippen LogP contribution in [0.15, 0.2) is 0 Å². The lowest BCUT2D eigenvalue weighted by atomic mass is 9.71. The van der Waals surface area contributed by atoms with Gasteiger partial charge in [-0.2, -0.15) is 0 Å². The van der Waals surface area contributed by atoms with E-state index in [1.165, 1.54) is 0 Å². The van der Waals surface area contributed by atoms with Gasteiger partial charge in [-0.25, -0.2) is 0 Å². The fourth-order valence-corrected chi connectivity index (χ4v) is 3.94. The van der Waals surface area contributed by atoms with Gasteiger partial charge in [0.05, 0.1) is 10.8 Å². The third-order valence-corrected chi connectivity index (χ3v) is 5.23. The van der Waals surface area contributed by atoms with E-state index in [4.69, 9.17) is 23.2 Å². The number of hydrogen-bond donors (Lipinski definition) is 2. The van der Waals surface area contributed by atoms with Gasteiger partial charge < -0.3 is 10.2 Å². The summed E-state index contributed by atoms with van der Waals surface area (Å²) in [7, 11) is 0. The van der Waals surface area contributed by atoms with Crippen molar-refractivity contribution in [2.24, 2.45) is 0 Å². The smallest absolute Gasteiger partial charge is 0.111 e. The molecule has 0 amide bonds. The minimum absolute atomic E-state index is 0.359. The molecular weight excluding hydrogens is 235 g/mol. The molecule has 0 saturated heterocycles. The Balaban J connectivity index is 2.26. The van der Waals surface area contributed by atoms with Gasteiger partial charge in [0.2, 0.25) is 0 Å². The number of alkyl halides is 2. The topological polar surface area (TPSA) is 40.5 Å². The molecule has 2 fully saturated rings. The minimum atomic E-state index is -1.18. The molecule has 0 aromatic carbocycles. The monoisotopic (exact) mass is 252 g/mol. The molecule has 2 saturated carbocycles. The molecule has 4 heteroatoms. The Kier molecular flexibility index (Phi) is 3.24. The van der Waals surface area contributed by atoms with Crippen LogP contribution in [-0.2, 0) is 0 Å². The summed E-state index contributed by atoms with van der Waals surface area (Å²) in [4.78, 5) is 0. The van der Waals surface area contributed by atoms with E-state index >= 15 is 0 Å². The number of halogens is 2. The summed E-state index contributed by atoms with van der Waals surface area (Å²) in [5, 5.41) is 20.4. The standard InChI is InChI=1S/C11H18Cl2O2/c12-8-4-1-2-6-10(8,14)11(15)7-3-5-9(11)13/h8-9,14-15H,1-7H2. The fourth-order valence-electron chi connectivity index (χ4n) is 3.03. The van der Waals surface area contributed by atoms with Crippen molar-refractivity contribution in [3.8, 4) is 0 Å². The lowest BCUT2D eigenvalue weighted by molar-refractivity contribution is -0.159. The van der Waals surface area contributed by atoms with Gasteiger partial charge in [-0.15, -0.1) is 23.2 Å². The first-order chi connectivity index (χ1) is 7.01. The Labute approximate surface area is 101 Å². The van der Waals surface area contributed by atoms with Gasteiger partial charge in [-0.3, -0.25) is 0 Å². The second kappa shape index (κ2) is 4.06. The molecule has 2 rings (SSSR count). The molecule has 15 heavy (non-hydrogen) atoms. The Morgan fingerprint density at radius 1 is 0.800 bits per heavy atom. The Morgan fingerprint density at radius 2 is 1.27 bits per heavy atom. The van der Waals surface area contributed by atoms with Crippen LogP contribution < -0.4 is 0 Å². The molecule has 0 radical (unpaired) electrons. The van der Waals surface area contributed by atoms with Gasteiger partial charge in [0.15, 0.2) is 0 Å². The zero-order chi connectivity index (χ0) is 11.1. The Hall–Kier alpha value is 0.500. The van der Waals surface area contributed by atoms with E-state index in [2.05, 4.69) is 0 Å². The maximum absolute atomic E-state index is 10.6. The summed E-state index contributed by atoms with van der Waals surface area (Å²) in [6.07, 6.45) is 5.50. The molecule has 0 heterocycles. The van der Waals surface area contributed by atoms with Gasteiger partial charge in [-0.05, 0) is 32.1 Å². The van der Waals surface area contributed by atoms with Crippen LogP contribution in [-0.4, -0.2) is 32.2 Å². The van der Waals surface area contributed by atoms with Crippen molar-refractivity contribution in [3.63, 3.8) is 0 Å². The van der Waals surface area contributed by atoms with E-state index in [0.717, 1.165) is 32.1 Å². The normalized spacial score (nSPS) is 52.0. The van der Waals surface area contributed by atoms with Crippen molar-refractivity contribution in [2.75, 3.05) is 0 Å². The third kappa shape index (κ3) is 1.70. The predicted octanol–water partition coefficient (Wildman–Crippen LogP) is 2.42. The highest BCUT2D eigenvalue weighted by Gasteiger charge is 2.59. The molecule has 2 aliphatic rings. The molecule has 0 aromatic rings. The minimum Gasteiger partial charge on any atom is -0.385 e. The van der Waals surface area contributed by atoms with Gasteiger partial charge >= 0.3 is 0 Å². The third-order valence-electron chi connectivity index (χ3n) is 4.07. The number of aliphatic hydroxyl groups is 2. The van der Waals surface area contributed by atoms with Gasteiger partial charge in [0.1, 0.15) is 11.2 Å². The molecule has 2 aliphatic carbocycles. The average molecular weight is 253 g/mol. The van der Waals surface area contributed by atoms with Crippen LogP contribution in [0, 0.1) is 0 Å². The van der Waals surface area contributed by atoms with Crippen molar-refractivity contribution >= 4 is 23.2 Å². The van der Waals surface area contributed by atoms with Crippen molar-refractivity contribution in [3.05, 3.63) is 0 Å². The Bertz CT molecular complexity index is 249. The van der Waals surface area contributed by atoms with Crippen molar-refractivity contribution in [2.45, 2.75) is 66.9 Å². The summed E-state index contributed by atoms with van der Waals surface area (Å²) in [5.74, 6) is 0. The highest BCUT2D eigenvalue weighted by molar-refractivity contribution is 6.23. The van der Waals surface area contributed by atoms with E-state index in [1.807, 2.05) is 0 Å². The molecule has 4 unspecified atom stereocenters. The summed E-state index contributed by atoms with van der Waals surface area (Å²) >= 11 is 12.3. The second-order valence-electron chi connectivity index (χ2n) is 4.92. The first-order valence-corrected chi connectivity index (χ1v) is 6.61. The van der Waals surface area contributed by atoms with E-state index in [-0.39, 0.29) is 10.8 Å². The molecule has 0 aliphatic heterocycles. The highest BCUT2D eigenvalue weighted by Crippen LogP contribution is 2.49. The molecule has 0 spiro atoms. The molecule has 0 bridgehead atoms. The van der Waals surface area contributed by atoms with Gasteiger partial charge in [0.25, 0.3) is 0 Å². The van der Waals surface area contributed by atoms with E-state index in [1.54, 1.807) is 0 Å². The zero-order valence-corrected chi connectivity index (χ0v) is 10.3. The maximum atomic E-state index is 10.6. The largest absolute Gasteiger partial charge is 0.385 e. The molecule has 4 atom stereocenters. The zero-order valence-electron chi connectivity index (χ0n) is 8.75. The SMILES string of the molecule is OC1(C2(O)CCCC2Cl)CCCCC1Cl. The molecule has 2 nitrogen and oxygen atoms in total. The van der Waals surface area contributed by atoms with Crippen LogP contribution in [0.2, 0.25) is 0 Å². The number of rotatable bonds is 1. The summed E-state index contributed by atoms with van der Waals surface area (Å²) in [6.45, 7) is 0.